The van der Waals surface area contributed by atoms with E-state index in [9.17, 15) is 14.4 Å². The third-order valence-corrected chi connectivity index (χ3v) is 4.72. The number of rotatable bonds is 4. The minimum atomic E-state index is -1.34. The van der Waals surface area contributed by atoms with Crippen LogP contribution >= 0.6 is 0 Å². The monoisotopic (exact) mass is 366 g/mol. The van der Waals surface area contributed by atoms with Gasteiger partial charge in [0.05, 0.1) is 12.1 Å². The molecule has 0 radical (unpaired) electrons. The van der Waals surface area contributed by atoms with Crippen LogP contribution in [0.5, 0.6) is 0 Å². The molecule has 1 aliphatic rings. The summed E-state index contributed by atoms with van der Waals surface area (Å²) in [7, 11) is 0. The van der Waals surface area contributed by atoms with E-state index >= 15 is 0 Å². The van der Waals surface area contributed by atoms with Gasteiger partial charge in [-0.15, -0.1) is 0 Å². The number of anilines is 1. The van der Waals surface area contributed by atoms with Gasteiger partial charge in [-0.2, -0.15) is 0 Å². The van der Waals surface area contributed by atoms with Crippen molar-refractivity contribution in [2.45, 2.75) is 32.8 Å². The summed E-state index contributed by atoms with van der Waals surface area (Å²) in [4.78, 5) is 37.0. The molecular formula is C21H22N2O4. The number of cyclic esters (lactones) is 1. The van der Waals surface area contributed by atoms with Crippen molar-refractivity contribution in [1.29, 1.82) is 0 Å². The second kappa shape index (κ2) is 7.23. The average molecular weight is 366 g/mol. The molecule has 2 N–H and O–H groups in total. The number of para-hydroxylation sites is 1. The summed E-state index contributed by atoms with van der Waals surface area (Å²) in [6, 6.07) is 12.8. The van der Waals surface area contributed by atoms with Gasteiger partial charge < -0.3 is 15.4 Å². The van der Waals surface area contributed by atoms with Crippen molar-refractivity contribution in [3.05, 3.63) is 64.7 Å². The Hall–Kier alpha value is -3.15. The van der Waals surface area contributed by atoms with E-state index in [1.165, 1.54) is 0 Å². The highest BCUT2D eigenvalue weighted by Gasteiger charge is 2.42. The highest BCUT2D eigenvalue weighted by molar-refractivity contribution is 6.00. The van der Waals surface area contributed by atoms with Crippen molar-refractivity contribution in [2.24, 2.45) is 0 Å². The van der Waals surface area contributed by atoms with Gasteiger partial charge >= 0.3 is 5.97 Å². The quantitative estimate of drug-likeness (QED) is 0.815. The Balaban J connectivity index is 1.64. The van der Waals surface area contributed by atoms with Crippen LogP contribution in [0.2, 0.25) is 0 Å². The minimum Gasteiger partial charge on any atom is -0.445 e. The number of ether oxygens (including phenoxy) is 1. The normalized spacial score (nSPS) is 18.3. The molecule has 0 aliphatic carbocycles. The van der Waals surface area contributed by atoms with Crippen LogP contribution in [0.4, 0.5) is 5.69 Å². The molecule has 3 rings (SSSR count). The molecule has 0 fully saturated rings. The third kappa shape index (κ3) is 3.84. The van der Waals surface area contributed by atoms with Gasteiger partial charge in [-0.25, -0.2) is 4.79 Å². The van der Waals surface area contributed by atoms with Gasteiger partial charge in [0.1, 0.15) is 0 Å². The summed E-state index contributed by atoms with van der Waals surface area (Å²) >= 11 is 0. The molecule has 1 atom stereocenters. The van der Waals surface area contributed by atoms with E-state index in [0.29, 0.717) is 5.56 Å². The Morgan fingerprint density at radius 2 is 1.74 bits per heavy atom. The SMILES string of the molecule is Cc1cccc(C)c1NC(=O)CNC(=O)C1(C)Cc2ccccc2C(=O)O1. The molecule has 0 spiro atoms. The van der Waals surface area contributed by atoms with Crippen molar-refractivity contribution in [3.8, 4) is 0 Å². The lowest BCUT2D eigenvalue weighted by molar-refractivity contribution is -0.140. The van der Waals surface area contributed by atoms with Crippen LogP contribution in [-0.2, 0) is 20.7 Å². The van der Waals surface area contributed by atoms with Crippen molar-refractivity contribution >= 4 is 23.5 Å². The topological polar surface area (TPSA) is 84.5 Å². The van der Waals surface area contributed by atoms with Crippen LogP contribution < -0.4 is 10.6 Å². The van der Waals surface area contributed by atoms with Gasteiger partial charge in [-0.3, -0.25) is 9.59 Å². The molecule has 140 valence electrons. The standard InChI is InChI=1S/C21H22N2O4/c1-13-7-6-8-14(2)18(13)23-17(24)12-22-20(26)21(3)11-15-9-4-5-10-16(15)19(25)27-21/h4-10H,11-12H2,1-3H3,(H,22,26)(H,23,24). The second-order valence-corrected chi connectivity index (χ2v) is 6.95. The smallest absolute Gasteiger partial charge is 0.339 e. The molecule has 27 heavy (non-hydrogen) atoms. The first-order valence-corrected chi connectivity index (χ1v) is 8.76. The fourth-order valence-corrected chi connectivity index (χ4v) is 3.20. The maximum absolute atomic E-state index is 12.6. The summed E-state index contributed by atoms with van der Waals surface area (Å²) in [5.74, 6) is -1.37. The molecule has 2 aromatic rings. The number of fused-ring (bicyclic) bond motifs is 1. The first-order valence-electron chi connectivity index (χ1n) is 8.76. The maximum Gasteiger partial charge on any atom is 0.339 e. The number of hydrogen-bond donors (Lipinski definition) is 2. The molecule has 0 aromatic heterocycles. The number of benzene rings is 2. The average Bonchev–Trinajstić information content (AvgIpc) is 2.62. The predicted molar refractivity (Wildman–Crippen MR) is 102 cm³/mol. The minimum absolute atomic E-state index is 0.207. The molecule has 0 bridgehead atoms. The lowest BCUT2D eigenvalue weighted by Gasteiger charge is -2.32. The zero-order valence-electron chi connectivity index (χ0n) is 15.6. The maximum atomic E-state index is 12.6. The fraction of sp³-hybridized carbons (Fsp3) is 0.286. The van der Waals surface area contributed by atoms with Crippen molar-refractivity contribution < 1.29 is 19.1 Å². The number of esters is 1. The molecule has 0 saturated heterocycles. The molecular weight excluding hydrogens is 344 g/mol. The Labute approximate surface area is 157 Å². The number of nitrogens with one attached hydrogen (secondary N) is 2. The number of aryl methyl sites for hydroxylation is 2. The Bertz CT molecular complexity index is 902. The Morgan fingerprint density at radius 1 is 1.07 bits per heavy atom. The zero-order chi connectivity index (χ0) is 19.6. The van der Waals surface area contributed by atoms with Crippen molar-refractivity contribution in [2.75, 3.05) is 11.9 Å². The van der Waals surface area contributed by atoms with Crippen LogP contribution in [-0.4, -0.2) is 29.9 Å². The Kier molecular flexibility index (Phi) is 4.99. The highest BCUT2D eigenvalue weighted by atomic mass is 16.6. The first kappa shape index (κ1) is 18.6. The van der Waals surface area contributed by atoms with Gasteiger partial charge in [-0.1, -0.05) is 36.4 Å². The molecule has 1 unspecified atom stereocenters. The lowest BCUT2D eigenvalue weighted by atomic mass is 9.89. The van der Waals surface area contributed by atoms with Gasteiger partial charge in [0.15, 0.2) is 5.60 Å². The summed E-state index contributed by atoms with van der Waals surface area (Å²) in [6.45, 7) is 5.16. The van der Waals surface area contributed by atoms with Crippen LogP contribution in [0.1, 0.15) is 34.0 Å². The van der Waals surface area contributed by atoms with E-state index in [-0.39, 0.29) is 18.9 Å². The summed E-state index contributed by atoms with van der Waals surface area (Å²) in [5, 5.41) is 5.39. The first-order chi connectivity index (χ1) is 12.8. The number of carbonyl (C=O) groups is 3. The van der Waals surface area contributed by atoms with Gasteiger partial charge in [0.2, 0.25) is 5.91 Å². The van der Waals surface area contributed by atoms with E-state index in [1.54, 1.807) is 25.1 Å². The number of carbonyl (C=O) groups excluding carboxylic acids is 3. The molecule has 1 heterocycles. The number of hydrogen-bond acceptors (Lipinski definition) is 4. The van der Waals surface area contributed by atoms with Gasteiger partial charge in [0.25, 0.3) is 5.91 Å². The third-order valence-electron chi connectivity index (χ3n) is 4.72. The van der Waals surface area contributed by atoms with Crippen LogP contribution in [0.3, 0.4) is 0 Å². The van der Waals surface area contributed by atoms with E-state index in [0.717, 1.165) is 22.4 Å². The largest absolute Gasteiger partial charge is 0.445 e. The van der Waals surface area contributed by atoms with Crippen LogP contribution in [0.15, 0.2) is 42.5 Å². The molecule has 6 heteroatoms. The predicted octanol–water partition coefficient (Wildman–Crippen LogP) is 2.53. The van der Waals surface area contributed by atoms with Crippen LogP contribution in [0.25, 0.3) is 0 Å². The highest BCUT2D eigenvalue weighted by Crippen LogP contribution is 2.28. The van der Waals surface area contributed by atoms with Crippen molar-refractivity contribution in [3.63, 3.8) is 0 Å². The van der Waals surface area contributed by atoms with Crippen LogP contribution in [0, 0.1) is 13.8 Å². The van der Waals surface area contributed by atoms with E-state index < -0.39 is 17.5 Å². The lowest BCUT2D eigenvalue weighted by Crippen LogP contribution is -2.52. The molecule has 2 aromatic carbocycles. The summed E-state index contributed by atoms with van der Waals surface area (Å²) < 4.78 is 5.37. The molecule has 6 nitrogen and oxygen atoms in total. The number of amides is 2. The van der Waals surface area contributed by atoms with Crippen molar-refractivity contribution in [1.82, 2.24) is 5.32 Å². The van der Waals surface area contributed by atoms with Gasteiger partial charge in [0, 0.05) is 12.1 Å². The fourth-order valence-electron chi connectivity index (χ4n) is 3.20. The molecule has 0 saturated carbocycles. The Morgan fingerprint density at radius 3 is 2.44 bits per heavy atom. The van der Waals surface area contributed by atoms with E-state index in [2.05, 4.69) is 10.6 Å². The van der Waals surface area contributed by atoms with E-state index in [4.69, 9.17) is 4.74 Å². The molecule has 2 amide bonds. The van der Waals surface area contributed by atoms with Gasteiger partial charge in [-0.05, 0) is 43.5 Å². The summed E-state index contributed by atoms with van der Waals surface area (Å²) in [5.41, 5.74) is 2.51. The zero-order valence-corrected chi connectivity index (χ0v) is 15.6. The van der Waals surface area contributed by atoms with E-state index in [1.807, 2.05) is 38.1 Å². The molecule has 1 aliphatic heterocycles. The summed E-state index contributed by atoms with van der Waals surface area (Å²) in [6.07, 6.45) is 0.263. The second-order valence-electron chi connectivity index (χ2n) is 6.95.